The Hall–Kier alpha value is -0.770. The number of nitrogens with zero attached hydrogens (tertiary/aromatic N) is 1. The predicted octanol–water partition coefficient (Wildman–Crippen LogP) is 2.39. The standard InChI is InChI=1S/C14H26N2O2/c1-3-18-14(17)15-13-8-5-9-16(10-13)11(2)12-6-4-7-12/h11-13H,3-10H2,1-2H3,(H,15,17). The summed E-state index contributed by atoms with van der Waals surface area (Å²) in [5.74, 6) is 0.881. The summed E-state index contributed by atoms with van der Waals surface area (Å²) in [6, 6.07) is 0.936. The van der Waals surface area contributed by atoms with Crippen LogP contribution in [0.4, 0.5) is 4.79 Å². The van der Waals surface area contributed by atoms with Gasteiger partial charge in [0, 0.05) is 18.6 Å². The number of rotatable bonds is 4. The van der Waals surface area contributed by atoms with Crippen LogP contribution in [0.2, 0.25) is 0 Å². The van der Waals surface area contributed by atoms with Crippen molar-refractivity contribution in [2.75, 3.05) is 19.7 Å². The number of hydrogen-bond acceptors (Lipinski definition) is 3. The van der Waals surface area contributed by atoms with Crippen LogP contribution in [0.1, 0.15) is 46.0 Å². The van der Waals surface area contributed by atoms with Gasteiger partial charge >= 0.3 is 6.09 Å². The molecule has 0 aromatic carbocycles. The van der Waals surface area contributed by atoms with Crippen LogP contribution >= 0.6 is 0 Å². The summed E-state index contributed by atoms with van der Waals surface area (Å²) in [5, 5.41) is 2.98. The summed E-state index contributed by atoms with van der Waals surface area (Å²) in [5.41, 5.74) is 0. The molecule has 2 unspecified atom stereocenters. The monoisotopic (exact) mass is 254 g/mol. The third-order valence-corrected chi connectivity index (χ3v) is 4.46. The van der Waals surface area contributed by atoms with Crippen LogP contribution in [-0.4, -0.2) is 42.8 Å². The first-order chi connectivity index (χ1) is 8.70. The van der Waals surface area contributed by atoms with Crippen LogP contribution in [0.5, 0.6) is 0 Å². The minimum atomic E-state index is -0.263. The number of alkyl carbamates (subject to hydrolysis) is 1. The molecule has 104 valence electrons. The van der Waals surface area contributed by atoms with Gasteiger partial charge in [-0.2, -0.15) is 0 Å². The van der Waals surface area contributed by atoms with E-state index >= 15 is 0 Å². The van der Waals surface area contributed by atoms with E-state index in [9.17, 15) is 4.79 Å². The van der Waals surface area contributed by atoms with Crippen LogP contribution < -0.4 is 5.32 Å². The third-order valence-electron chi connectivity index (χ3n) is 4.46. The van der Waals surface area contributed by atoms with Crippen molar-refractivity contribution >= 4 is 6.09 Å². The molecule has 4 nitrogen and oxygen atoms in total. The average molecular weight is 254 g/mol. The van der Waals surface area contributed by atoms with E-state index in [0.717, 1.165) is 18.9 Å². The van der Waals surface area contributed by atoms with Crippen LogP contribution in [0.15, 0.2) is 0 Å². The van der Waals surface area contributed by atoms with E-state index in [4.69, 9.17) is 4.74 Å². The van der Waals surface area contributed by atoms with Crippen LogP contribution in [0, 0.1) is 5.92 Å². The number of hydrogen-bond donors (Lipinski definition) is 1. The molecule has 1 amide bonds. The van der Waals surface area contributed by atoms with E-state index in [-0.39, 0.29) is 12.1 Å². The number of piperidine rings is 1. The van der Waals surface area contributed by atoms with Crippen molar-refractivity contribution in [3.63, 3.8) is 0 Å². The van der Waals surface area contributed by atoms with E-state index in [1.807, 2.05) is 6.92 Å². The molecule has 0 aromatic rings. The van der Waals surface area contributed by atoms with Crippen molar-refractivity contribution < 1.29 is 9.53 Å². The van der Waals surface area contributed by atoms with Crippen molar-refractivity contribution in [3.05, 3.63) is 0 Å². The van der Waals surface area contributed by atoms with Gasteiger partial charge in [-0.05, 0) is 52.0 Å². The number of nitrogens with one attached hydrogen (secondary N) is 1. The molecule has 1 saturated carbocycles. The summed E-state index contributed by atoms with van der Waals surface area (Å²) in [4.78, 5) is 14.0. The minimum absolute atomic E-state index is 0.263. The fourth-order valence-corrected chi connectivity index (χ4v) is 3.05. The topological polar surface area (TPSA) is 41.6 Å². The molecule has 2 rings (SSSR count). The van der Waals surface area contributed by atoms with Gasteiger partial charge in [-0.15, -0.1) is 0 Å². The van der Waals surface area contributed by atoms with Gasteiger partial charge in [-0.1, -0.05) is 6.42 Å². The molecule has 4 heteroatoms. The summed E-state index contributed by atoms with van der Waals surface area (Å²) in [6.07, 6.45) is 6.15. The maximum atomic E-state index is 11.4. The average Bonchev–Trinajstić information content (AvgIpc) is 2.27. The Bertz CT molecular complexity index is 279. The highest BCUT2D eigenvalue weighted by Crippen LogP contribution is 2.33. The highest BCUT2D eigenvalue weighted by molar-refractivity contribution is 5.67. The summed E-state index contributed by atoms with van der Waals surface area (Å²) >= 11 is 0. The summed E-state index contributed by atoms with van der Waals surface area (Å²) < 4.78 is 4.95. The molecule has 1 aliphatic heterocycles. The largest absolute Gasteiger partial charge is 0.450 e. The van der Waals surface area contributed by atoms with Crippen molar-refractivity contribution in [2.24, 2.45) is 5.92 Å². The zero-order chi connectivity index (χ0) is 13.0. The van der Waals surface area contributed by atoms with E-state index in [2.05, 4.69) is 17.1 Å². The molecule has 1 heterocycles. The van der Waals surface area contributed by atoms with Gasteiger partial charge in [0.2, 0.25) is 0 Å². The fraction of sp³-hybridized carbons (Fsp3) is 0.929. The second kappa shape index (κ2) is 6.41. The van der Waals surface area contributed by atoms with Gasteiger partial charge in [-0.25, -0.2) is 4.79 Å². The summed E-state index contributed by atoms with van der Waals surface area (Å²) in [7, 11) is 0. The van der Waals surface area contributed by atoms with Crippen molar-refractivity contribution in [1.29, 1.82) is 0 Å². The lowest BCUT2D eigenvalue weighted by Crippen LogP contribution is -2.52. The predicted molar refractivity (Wildman–Crippen MR) is 71.6 cm³/mol. The van der Waals surface area contributed by atoms with Crippen LogP contribution in [-0.2, 0) is 4.74 Å². The molecule has 1 N–H and O–H groups in total. The normalized spacial score (nSPS) is 27.3. The van der Waals surface area contributed by atoms with Gasteiger partial charge in [0.25, 0.3) is 0 Å². The zero-order valence-electron chi connectivity index (χ0n) is 11.7. The molecule has 1 aliphatic carbocycles. The third kappa shape index (κ3) is 3.37. The number of ether oxygens (including phenoxy) is 1. The second-order valence-electron chi connectivity index (χ2n) is 5.63. The van der Waals surface area contributed by atoms with Gasteiger partial charge in [-0.3, -0.25) is 4.90 Å². The van der Waals surface area contributed by atoms with E-state index in [0.29, 0.717) is 12.6 Å². The second-order valence-corrected chi connectivity index (χ2v) is 5.63. The maximum Gasteiger partial charge on any atom is 0.407 e. The van der Waals surface area contributed by atoms with Gasteiger partial charge in [0.15, 0.2) is 0 Å². The quantitative estimate of drug-likeness (QED) is 0.837. The van der Waals surface area contributed by atoms with Crippen molar-refractivity contribution in [3.8, 4) is 0 Å². The van der Waals surface area contributed by atoms with Crippen LogP contribution in [0.25, 0.3) is 0 Å². The molecular weight excluding hydrogens is 228 g/mol. The lowest BCUT2D eigenvalue weighted by molar-refractivity contribution is 0.0731. The molecule has 2 aliphatic rings. The van der Waals surface area contributed by atoms with E-state index in [1.54, 1.807) is 0 Å². The highest BCUT2D eigenvalue weighted by atomic mass is 16.5. The summed E-state index contributed by atoms with van der Waals surface area (Å²) in [6.45, 7) is 6.79. The van der Waals surface area contributed by atoms with Gasteiger partial charge in [0.05, 0.1) is 6.61 Å². The van der Waals surface area contributed by atoms with Gasteiger partial charge < -0.3 is 10.1 Å². The van der Waals surface area contributed by atoms with Crippen LogP contribution in [0.3, 0.4) is 0 Å². The lowest BCUT2D eigenvalue weighted by Gasteiger charge is -2.43. The Kier molecular flexibility index (Phi) is 4.87. The molecule has 0 radical (unpaired) electrons. The number of amides is 1. The Morgan fingerprint density at radius 3 is 2.78 bits per heavy atom. The smallest absolute Gasteiger partial charge is 0.407 e. The highest BCUT2D eigenvalue weighted by Gasteiger charge is 2.31. The zero-order valence-corrected chi connectivity index (χ0v) is 11.7. The lowest BCUT2D eigenvalue weighted by atomic mass is 9.79. The van der Waals surface area contributed by atoms with Crippen molar-refractivity contribution in [2.45, 2.75) is 58.0 Å². The molecule has 0 bridgehead atoms. The number of carbonyl (C=O) groups excluding carboxylic acids is 1. The Morgan fingerprint density at radius 2 is 2.17 bits per heavy atom. The molecule has 0 spiro atoms. The first-order valence-electron chi connectivity index (χ1n) is 7.38. The number of carbonyl (C=O) groups is 1. The molecule has 2 atom stereocenters. The molecule has 1 saturated heterocycles. The first-order valence-corrected chi connectivity index (χ1v) is 7.38. The molecular formula is C14H26N2O2. The SMILES string of the molecule is CCOC(=O)NC1CCCN(C(C)C2CCC2)C1. The van der Waals surface area contributed by atoms with Crippen molar-refractivity contribution in [1.82, 2.24) is 10.2 Å². The van der Waals surface area contributed by atoms with E-state index in [1.165, 1.54) is 32.2 Å². The Labute approximate surface area is 110 Å². The molecule has 0 aromatic heterocycles. The Morgan fingerprint density at radius 1 is 1.39 bits per heavy atom. The fourth-order valence-electron chi connectivity index (χ4n) is 3.05. The maximum absolute atomic E-state index is 11.4. The minimum Gasteiger partial charge on any atom is -0.450 e. The van der Waals surface area contributed by atoms with Gasteiger partial charge in [0.1, 0.15) is 0 Å². The molecule has 18 heavy (non-hydrogen) atoms. The Balaban J connectivity index is 1.78. The van der Waals surface area contributed by atoms with E-state index < -0.39 is 0 Å². The number of likely N-dealkylation sites (tertiary alicyclic amines) is 1. The first kappa shape index (κ1) is 13.7. The molecule has 2 fully saturated rings.